The number of fused-ring (bicyclic) bond motifs is 5. The van der Waals surface area contributed by atoms with Crippen molar-refractivity contribution in [3.05, 3.63) is 94.2 Å². The molecule has 134 valence electrons. The first kappa shape index (κ1) is 16.4. The summed E-state index contributed by atoms with van der Waals surface area (Å²) in [5, 5.41) is 6.44. The van der Waals surface area contributed by atoms with Gasteiger partial charge in [0.25, 0.3) is 0 Å². The molecule has 0 radical (unpaired) electrons. The summed E-state index contributed by atoms with van der Waals surface area (Å²) in [7, 11) is 0. The zero-order chi connectivity index (χ0) is 18.2. The molecule has 27 heavy (non-hydrogen) atoms. The number of hydrogen-bond acceptors (Lipinski definition) is 1. The molecule has 5 rings (SSSR count). The van der Waals surface area contributed by atoms with Gasteiger partial charge in [0.1, 0.15) is 0 Å². The van der Waals surface area contributed by atoms with Crippen LogP contribution in [0.4, 0.5) is 0 Å². The molecule has 0 fully saturated rings. The molecule has 2 aromatic carbocycles. The Hall–Kier alpha value is -2.80. The molecular formula is C26H25N. The maximum absolute atomic E-state index is 3.55. The van der Waals surface area contributed by atoms with Crippen LogP contribution in [0.25, 0.3) is 23.3 Å². The molecule has 0 spiro atoms. The maximum atomic E-state index is 3.55. The largest absolute Gasteiger partial charge is 0.364 e. The molecule has 0 aromatic heterocycles. The Bertz CT molecular complexity index is 1100. The van der Waals surface area contributed by atoms with Gasteiger partial charge in [-0.05, 0) is 63.6 Å². The highest BCUT2D eigenvalue weighted by molar-refractivity contribution is 5.74. The summed E-state index contributed by atoms with van der Waals surface area (Å²) < 4.78 is 0. The number of rotatable bonds is 2. The minimum Gasteiger partial charge on any atom is -0.364 e. The van der Waals surface area contributed by atoms with E-state index in [1.807, 2.05) is 0 Å². The van der Waals surface area contributed by atoms with Crippen molar-refractivity contribution in [3.63, 3.8) is 0 Å². The lowest BCUT2D eigenvalue weighted by Crippen LogP contribution is -2.39. The summed E-state index contributed by atoms with van der Waals surface area (Å²) >= 11 is 0. The van der Waals surface area contributed by atoms with Crippen LogP contribution in [0.15, 0.2) is 72.6 Å². The second-order valence-corrected chi connectivity index (χ2v) is 7.69. The normalized spacial score (nSPS) is 22.2. The van der Waals surface area contributed by atoms with Gasteiger partial charge in [-0.2, -0.15) is 0 Å². The van der Waals surface area contributed by atoms with Gasteiger partial charge in [0.2, 0.25) is 0 Å². The van der Waals surface area contributed by atoms with Crippen LogP contribution in [0.5, 0.6) is 0 Å². The molecule has 1 heteroatoms. The van der Waals surface area contributed by atoms with E-state index in [2.05, 4.69) is 91.3 Å². The lowest BCUT2D eigenvalue weighted by Gasteiger charge is -2.32. The van der Waals surface area contributed by atoms with Crippen LogP contribution in [0.1, 0.15) is 36.8 Å². The monoisotopic (exact) mass is 351 g/mol. The molecular weight excluding hydrogens is 326 g/mol. The van der Waals surface area contributed by atoms with Crippen molar-refractivity contribution in [3.8, 4) is 11.1 Å². The molecule has 0 bridgehead atoms. The lowest BCUT2D eigenvalue weighted by atomic mass is 9.74. The van der Waals surface area contributed by atoms with Crippen molar-refractivity contribution in [2.75, 3.05) is 0 Å². The van der Waals surface area contributed by atoms with Gasteiger partial charge in [-0.1, -0.05) is 74.0 Å². The fourth-order valence-electron chi connectivity index (χ4n) is 4.93. The second-order valence-electron chi connectivity index (χ2n) is 7.69. The van der Waals surface area contributed by atoms with Crippen molar-refractivity contribution in [2.45, 2.75) is 32.1 Å². The molecule has 2 atom stereocenters. The maximum Gasteiger partial charge on any atom is 0.0278 e. The van der Waals surface area contributed by atoms with Crippen molar-refractivity contribution in [1.82, 2.24) is 5.32 Å². The molecule has 0 saturated carbocycles. The third-order valence-electron chi connectivity index (χ3n) is 6.29. The van der Waals surface area contributed by atoms with Gasteiger partial charge in [-0.15, -0.1) is 0 Å². The van der Waals surface area contributed by atoms with Crippen LogP contribution in [-0.4, -0.2) is 0 Å². The summed E-state index contributed by atoms with van der Waals surface area (Å²) in [6.45, 7) is 2.32. The topological polar surface area (TPSA) is 12.0 Å². The van der Waals surface area contributed by atoms with Crippen LogP contribution in [-0.2, 0) is 6.42 Å². The van der Waals surface area contributed by atoms with Gasteiger partial charge < -0.3 is 5.32 Å². The highest BCUT2D eigenvalue weighted by atomic mass is 14.9. The Morgan fingerprint density at radius 2 is 1.85 bits per heavy atom. The Morgan fingerprint density at radius 3 is 2.78 bits per heavy atom. The molecule has 1 heterocycles. The van der Waals surface area contributed by atoms with Gasteiger partial charge in [0.05, 0.1) is 0 Å². The summed E-state index contributed by atoms with van der Waals surface area (Å²) in [5.41, 5.74) is 7.02. The first-order chi connectivity index (χ1) is 13.4. The zero-order valence-corrected chi connectivity index (χ0v) is 15.8. The van der Waals surface area contributed by atoms with E-state index in [4.69, 9.17) is 0 Å². The standard InChI is InChI=1S/C26H25N/c1-2-18-11-13-23-22-14-12-19-8-5-6-9-20(19)21(22)15-16-24(23)26(18)25-10-4-3-7-17-27-25/h3-10,13-18,26-27H,2,11-12H2,1H3. The van der Waals surface area contributed by atoms with E-state index in [0.29, 0.717) is 11.8 Å². The Kier molecular flexibility index (Phi) is 4.09. The van der Waals surface area contributed by atoms with E-state index in [1.165, 1.54) is 44.8 Å². The molecule has 0 amide bonds. The van der Waals surface area contributed by atoms with Crippen LogP contribution in [0.3, 0.4) is 0 Å². The molecule has 1 aliphatic heterocycles. The fourth-order valence-corrected chi connectivity index (χ4v) is 4.93. The first-order valence-electron chi connectivity index (χ1n) is 10.1. The Labute approximate surface area is 161 Å². The third kappa shape index (κ3) is 2.70. The lowest BCUT2D eigenvalue weighted by molar-refractivity contribution is 0.441. The predicted molar refractivity (Wildman–Crippen MR) is 114 cm³/mol. The smallest absolute Gasteiger partial charge is 0.0278 e. The summed E-state index contributed by atoms with van der Waals surface area (Å²) in [6.07, 6.45) is 18.9. The SMILES string of the molecule is CCC1CC=c2c(ccc3c2=CCc2ccccc2-3)C1C1=CC=CC=CN1. The van der Waals surface area contributed by atoms with E-state index in [1.54, 1.807) is 0 Å². The zero-order valence-electron chi connectivity index (χ0n) is 15.8. The first-order valence-corrected chi connectivity index (χ1v) is 10.1. The summed E-state index contributed by atoms with van der Waals surface area (Å²) in [6, 6.07) is 13.6. The quantitative estimate of drug-likeness (QED) is 0.837. The van der Waals surface area contributed by atoms with E-state index in [0.717, 1.165) is 12.8 Å². The Morgan fingerprint density at radius 1 is 0.926 bits per heavy atom. The number of nitrogens with one attached hydrogen (secondary N) is 1. The van der Waals surface area contributed by atoms with Crippen molar-refractivity contribution in [1.29, 1.82) is 0 Å². The molecule has 2 unspecified atom stereocenters. The summed E-state index contributed by atoms with van der Waals surface area (Å²) in [5.74, 6) is 1.07. The van der Waals surface area contributed by atoms with Crippen molar-refractivity contribution < 1.29 is 0 Å². The van der Waals surface area contributed by atoms with Gasteiger partial charge in [0.15, 0.2) is 0 Å². The minimum atomic E-state index is 0.429. The molecule has 0 saturated heterocycles. The summed E-state index contributed by atoms with van der Waals surface area (Å²) in [4.78, 5) is 0. The molecule has 1 N–H and O–H groups in total. The second kappa shape index (κ2) is 6.74. The molecule has 1 nitrogen and oxygen atoms in total. The van der Waals surface area contributed by atoms with Crippen molar-refractivity contribution >= 4 is 12.2 Å². The van der Waals surface area contributed by atoms with E-state index < -0.39 is 0 Å². The molecule has 2 aliphatic carbocycles. The van der Waals surface area contributed by atoms with Crippen LogP contribution < -0.4 is 15.8 Å². The molecule has 2 aromatic rings. The van der Waals surface area contributed by atoms with Gasteiger partial charge >= 0.3 is 0 Å². The third-order valence-corrected chi connectivity index (χ3v) is 6.29. The van der Waals surface area contributed by atoms with Crippen LogP contribution in [0, 0.1) is 5.92 Å². The number of allylic oxidation sites excluding steroid dienone is 5. The fraction of sp³-hybridized carbons (Fsp3) is 0.231. The van der Waals surface area contributed by atoms with E-state index >= 15 is 0 Å². The number of benzene rings is 2. The predicted octanol–water partition coefficient (Wildman–Crippen LogP) is 4.54. The van der Waals surface area contributed by atoms with Crippen LogP contribution >= 0.6 is 0 Å². The number of hydrogen-bond donors (Lipinski definition) is 1. The Balaban J connectivity index is 1.71. The molecule has 3 aliphatic rings. The van der Waals surface area contributed by atoms with Gasteiger partial charge in [-0.3, -0.25) is 0 Å². The average Bonchev–Trinajstić information content (AvgIpc) is 3.01. The van der Waals surface area contributed by atoms with Gasteiger partial charge in [-0.25, -0.2) is 0 Å². The van der Waals surface area contributed by atoms with E-state index in [-0.39, 0.29) is 0 Å². The highest BCUT2D eigenvalue weighted by Gasteiger charge is 2.29. The highest BCUT2D eigenvalue weighted by Crippen LogP contribution is 2.37. The van der Waals surface area contributed by atoms with Crippen LogP contribution in [0.2, 0.25) is 0 Å². The van der Waals surface area contributed by atoms with Crippen molar-refractivity contribution in [2.24, 2.45) is 5.92 Å². The minimum absolute atomic E-state index is 0.429. The van der Waals surface area contributed by atoms with Gasteiger partial charge in [0, 0.05) is 17.8 Å². The van der Waals surface area contributed by atoms with E-state index in [9.17, 15) is 0 Å². The average molecular weight is 351 g/mol.